The number of likely N-dealkylation sites (N-methyl/N-ethyl adjacent to an activating group) is 1. The van der Waals surface area contributed by atoms with E-state index in [0.717, 1.165) is 18.7 Å². The predicted molar refractivity (Wildman–Crippen MR) is 54.0 cm³/mol. The Morgan fingerprint density at radius 1 is 1.50 bits per heavy atom. The minimum Gasteiger partial charge on any atom is -0.443 e. The molecule has 0 bridgehead atoms. The van der Waals surface area contributed by atoms with E-state index in [0.29, 0.717) is 5.89 Å². The van der Waals surface area contributed by atoms with Crippen molar-refractivity contribution >= 4 is 0 Å². The highest BCUT2D eigenvalue weighted by Crippen LogP contribution is 2.19. The maximum atomic E-state index is 9.61. The zero-order valence-corrected chi connectivity index (χ0v) is 9.24. The molecule has 0 aliphatic carbocycles. The number of hydrogen-bond acceptors (Lipinski definition) is 4. The maximum Gasteiger partial charge on any atom is 0.225 e. The summed E-state index contributed by atoms with van der Waals surface area (Å²) in [6, 6.07) is 0. The molecule has 4 heteroatoms. The SMILES string of the molecule is CN(C)CCc1cnc(C(C)(C)O)o1. The summed E-state index contributed by atoms with van der Waals surface area (Å²) in [7, 11) is 4.01. The van der Waals surface area contributed by atoms with E-state index in [9.17, 15) is 5.11 Å². The first-order chi connectivity index (χ1) is 6.39. The monoisotopic (exact) mass is 198 g/mol. The third-order valence-corrected chi connectivity index (χ3v) is 1.88. The van der Waals surface area contributed by atoms with Crippen LogP contribution in [0.3, 0.4) is 0 Å². The Morgan fingerprint density at radius 3 is 2.57 bits per heavy atom. The molecule has 1 aromatic rings. The number of nitrogens with zero attached hydrogens (tertiary/aromatic N) is 2. The molecule has 0 atom stereocenters. The van der Waals surface area contributed by atoms with Gasteiger partial charge in [0.2, 0.25) is 5.89 Å². The van der Waals surface area contributed by atoms with Crippen LogP contribution in [0.15, 0.2) is 10.6 Å². The Bertz CT molecular complexity index is 287. The second-order valence-electron chi connectivity index (χ2n) is 4.24. The smallest absolute Gasteiger partial charge is 0.225 e. The zero-order chi connectivity index (χ0) is 10.8. The molecule has 4 nitrogen and oxygen atoms in total. The van der Waals surface area contributed by atoms with Crippen LogP contribution < -0.4 is 0 Å². The molecule has 1 aromatic heterocycles. The van der Waals surface area contributed by atoms with Gasteiger partial charge in [0.15, 0.2) is 0 Å². The van der Waals surface area contributed by atoms with E-state index >= 15 is 0 Å². The highest BCUT2D eigenvalue weighted by atomic mass is 16.4. The van der Waals surface area contributed by atoms with Crippen LogP contribution >= 0.6 is 0 Å². The third-order valence-electron chi connectivity index (χ3n) is 1.88. The lowest BCUT2D eigenvalue weighted by molar-refractivity contribution is 0.0470. The fraction of sp³-hybridized carbons (Fsp3) is 0.700. The van der Waals surface area contributed by atoms with Gasteiger partial charge < -0.3 is 14.4 Å². The first-order valence-corrected chi connectivity index (χ1v) is 4.72. The van der Waals surface area contributed by atoms with Crippen molar-refractivity contribution in [2.75, 3.05) is 20.6 Å². The van der Waals surface area contributed by atoms with Crippen LogP contribution in [0.4, 0.5) is 0 Å². The number of aliphatic hydroxyl groups is 1. The number of oxazole rings is 1. The minimum atomic E-state index is -0.990. The number of rotatable bonds is 4. The Hall–Kier alpha value is -0.870. The van der Waals surface area contributed by atoms with E-state index in [4.69, 9.17) is 4.42 Å². The van der Waals surface area contributed by atoms with Crippen LogP contribution in [-0.2, 0) is 12.0 Å². The molecule has 1 rings (SSSR count). The Labute approximate surface area is 84.6 Å². The summed E-state index contributed by atoms with van der Waals surface area (Å²) in [4.78, 5) is 6.11. The van der Waals surface area contributed by atoms with Crippen LogP contribution in [0.25, 0.3) is 0 Å². The first kappa shape index (κ1) is 11.2. The predicted octanol–water partition coefficient (Wildman–Crippen LogP) is 1.01. The van der Waals surface area contributed by atoms with Gasteiger partial charge in [0.25, 0.3) is 0 Å². The van der Waals surface area contributed by atoms with Crippen molar-refractivity contribution in [1.82, 2.24) is 9.88 Å². The van der Waals surface area contributed by atoms with Gasteiger partial charge in [-0.25, -0.2) is 4.98 Å². The van der Waals surface area contributed by atoms with Crippen molar-refractivity contribution < 1.29 is 9.52 Å². The summed E-state index contributed by atoms with van der Waals surface area (Å²) < 4.78 is 5.41. The van der Waals surface area contributed by atoms with Crippen LogP contribution in [0.1, 0.15) is 25.5 Å². The van der Waals surface area contributed by atoms with Crippen molar-refractivity contribution in [3.63, 3.8) is 0 Å². The van der Waals surface area contributed by atoms with Crippen molar-refractivity contribution in [1.29, 1.82) is 0 Å². The molecule has 0 saturated carbocycles. The first-order valence-electron chi connectivity index (χ1n) is 4.72. The quantitative estimate of drug-likeness (QED) is 0.784. The lowest BCUT2D eigenvalue weighted by atomic mass is 10.1. The molecule has 0 fully saturated rings. The molecular formula is C10H18N2O2. The van der Waals surface area contributed by atoms with Crippen molar-refractivity contribution in [2.45, 2.75) is 25.9 Å². The Kier molecular flexibility index (Phi) is 3.29. The van der Waals surface area contributed by atoms with E-state index in [2.05, 4.69) is 9.88 Å². The van der Waals surface area contributed by atoms with Gasteiger partial charge in [-0.1, -0.05) is 0 Å². The van der Waals surface area contributed by atoms with Crippen molar-refractivity contribution in [3.05, 3.63) is 17.8 Å². The topological polar surface area (TPSA) is 49.5 Å². The van der Waals surface area contributed by atoms with Gasteiger partial charge in [0, 0.05) is 13.0 Å². The third kappa shape index (κ3) is 3.12. The molecule has 1 N–H and O–H groups in total. The van der Waals surface area contributed by atoms with Crippen LogP contribution in [-0.4, -0.2) is 35.6 Å². The highest BCUT2D eigenvalue weighted by molar-refractivity contribution is 5.00. The van der Waals surface area contributed by atoms with Gasteiger partial charge in [-0.3, -0.25) is 0 Å². The zero-order valence-electron chi connectivity index (χ0n) is 9.24. The summed E-state index contributed by atoms with van der Waals surface area (Å²) in [6.07, 6.45) is 2.49. The van der Waals surface area contributed by atoms with Crippen LogP contribution in [0.5, 0.6) is 0 Å². The lowest BCUT2D eigenvalue weighted by Crippen LogP contribution is -2.16. The minimum absolute atomic E-state index is 0.381. The van der Waals surface area contributed by atoms with E-state index in [-0.39, 0.29) is 0 Å². The molecule has 14 heavy (non-hydrogen) atoms. The van der Waals surface area contributed by atoms with E-state index in [1.807, 2.05) is 14.1 Å². The second-order valence-corrected chi connectivity index (χ2v) is 4.24. The summed E-state index contributed by atoms with van der Waals surface area (Å²) in [6.45, 7) is 4.24. The second kappa shape index (κ2) is 4.11. The normalized spacial score (nSPS) is 12.4. The molecule has 80 valence electrons. The summed E-state index contributed by atoms with van der Waals surface area (Å²) >= 11 is 0. The Balaban J connectivity index is 2.60. The average Bonchev–Trinajstić information content (AvgIpc) is 2.47. The molecule has 0 aliphatic rings. The molecule has 0 amide bonds. The van der Waals surface area contributed by atoms with Crippen molar-refractivity contribution in [3.8, 4) is 0 Å². The molecule has 0 saturated heterocycles. The maximum absolute atomic E-state index is 9.61. The molecular weight excluding hydrogens is 180 g/mol. The average molecular weight is 198 g/mol. The van der Waals surface area contributed by atoms with Crippen LogP contribution in [0, 0.1) is 0 Å². The summed E-state index contributed by atoms with van der Waals surface area (Å²) in [5, 5.41) is 9.61. The Morgan fingerprint density at radius 2 is 2.14 bits per heavy atom. The van der Waals surface area contributed by atoms with E-state index in [1.165, 1.54) is 0 Å². The van der Waals surface area contributed by atoms with Gasteiger partial charge in [-0.15, -0.1) is 0 Å². The molecule has 0 radical (unpaired) electrons. The van der Waals surface area contributed by atoms with Gasteiger partial charge >= 0.3 is 0 Å². The van der Waals surface area contributed by atoms with Crippen LogP contribution in [0.2, 0.25) is 0 Å². The lowest BCUT2D eigenvalue weighted by Gasteiger charge is -2.11. The molecule has 0 aromatic carbocycles. The van der Waals surface area contributed by atoms with Gasteiger partial charge in [0.1, 0.15) is 11.4 Å². The van der Waals surface area contributed by atoms with Gasteiger partial charge in [-0.05, 0) is 27.9 Å². The molecule has 0 aliphatic heterocycles. The number of hydrogen-bond donors (Lipinski definition) is 1. The van der Waals surface area contributed by atoms with Gasteiger partial charge in [-0.2, -0.15) is 0 Å². The molecule has 0 unspecified atom stereocenters. The van der Waals surface area contributed by atoms with E-state index in [1.54, 1.807) is 20.0 Å². The fourth-order valence-electron chi connectivity index (χ4n) is 1.04. The highest BCUT2D eigenvalue weighted by Gasteiger charge is 2.22. The molecule has 0 spiro atoms. The summed E-state index contributed by atoms with van der Waals surface area (Å²) in [5.41, 5.74) is -0.990. The summed E-state index contributed by atoms with van der Waals surface area (Å²) in [5.74, 6) is 1.20. The standard InChI is InChI=1S/C10H18N2O2/c1-10(2,13)9-11-7-8(14-9)5-6-12(3)4/h7,13H,5-6H2,1-4H3. The molecule has 1 heterocycles. The van der Waals surface area contributed by atoms with Crippen molar-refractivity contribution in [2.24, 2.45) is 0 Å². The fourth-order valence-corrected chi connectivity index (χ4v) is 1.04. The number of aromatic nitrogens is 1. The van der Waals surface area contributed by atoms with Gasteiger partial charge in [0.05, 0.1) is 6.20 Å². The van der Waals surface area contributed by atoms with E-state index < -0.39 is 5.60 Å². The largest absolute Gasteiger partial charge is 0.443 e.